The molecule has 4 heterocycles. The zero-order valence-corrected chi connectivity index (χ0v) is 21.4. The van der Waals surface area contributed by atoms with E-state index in [-0.39, 0.29) is 36.0 Å². The van der Waals surface area contributed by atoms with E-state index in [1.807, 2.05) is 17.0 Å². The lowest BCUT2D eigenvalue weighted by Gasteiger charge is -2.37. The number of hydrogen-bond acceptors (Lipinski definition) is 5. The third-order valence-corrected chi connectivity index (χ3v) is 6.44. The number of piperidine rings is 1. The molecule has 0 radical (unpaired) electrons. The van der Waals surface area contributed by atoms with E-state index in [9.17, 15) is 4.79 Å². The Morgan fingerprint density at radius 2 is 1.88 bits per heavy atom. The van der Waals surface area contributed by atoms with E-state index in [2.05, 4.69) is 15.1 Å². The van der Waals surface area contributed by atoms with Crippen molar-refractivity contribution in [3.05, 3.63) is 24.2 Å². The molecular weight excluding hydrogens is 521 g/mol. The SMILES string of the molecule is I.O=C(CN1CCN(C(=NCC2CCCO2)NCCc2ccco2)CC1)N1CCCCC1. The van der Waals surface area contributed by atoms with Crippen LogP contribution >= 0.6 is 24.0 Å². The molecule has 0 saturated carbocycles. The Morgan fingerprint density at radius 1 is 1.06 bits per heavy atom. The molecule has 1 aromatic rings. The zero-order chi connectivity index (χ0) is 21.3. The van der Waals surface area contributed by atoms with Gasteiger partial charge in [0, 0.05) is 58.8 Å². The molecule has 3 saturated heterocycles. The van der Waals surface area contributed by atoms with Crippen LogP contribution in [0.25, 0.3) is 0 Å². The molecule has 3 aliphatic rings. The largest absolute Gasteiger partial charge is 0.469 e. The second-order valence-electron chi connectivity index (χ2n) is 8.76. The maximum atomic E-state index is 12.6. The van der Waals surface area contributed by atoms with Crippen LogP contribution in [-0.4, -0.2) is 98.2 Å². The molecular formula is C23H38IN5O3. The first kappa shape index (κ1) is 25.3. The van der Waals surface area contributed by atoms with Crippen LogP contribution in [0.5, 0.6) is 0 Å². The molecule has 9 heteroatoms. The Labute approximate surface area is 208 Å². The zero-order valence-electron chi connectivity index (χ0n) is 19.0. The Bertz CT molecular complexity index is 694. The summed E-state index contributed by atoms with van der Waals surface area (Å²) in [6, 6.07) is 3.93. The van der Waals surface area contributed by atoms with Gasteiger partial charge >= 0.3 is 0 Å². The Morgan fingerprint density at radius 3 is 2.56 bits per heavy atom. The van der Waals surface area contributed by atoms with Gasteiger partial charge < -0.3 is 24.3 Å². The quantitative estimate of drug-likeness (QED) is 0.314. The van der Waals surface area contributed by atoms with Crippen LogP contribution in [0.15, 0.2) is 27.8 Å². The molecule has 1 unspecified atom stereocenters. The first-order valence-corrected chi connectivity index (χ1v) is 12.0. The number of aliphatic imine (C=N–C) groups is 1. The third kappa shape index (κ3) is 7.62. The molecule has 8 nitrogen and oxygen atoms in total. The number of ether oxygens (including phenoxy) is 1. The van der Waals surface area contributed by atoms with E-state index in [4.69, 9.17) is 14.1 Å². The monoisotopic (exact) mass is 559 g/mol. The van der Waals surface area contributed by atoms with E-state index < -0.39 is 0 Å². The molecule has 180 valence electrons. The molecule has 4 rings (SSSR count). The molecule has 1 aromatic heterocycles. The van der Waals surface area contributed by atoms with Crippen LogP contribution in [0.4, 0.5) is 0 Å². The summed E-state index contributed by atoms with van der Waals surface area (Å²) in [5.41, 5.74) is 0. The lowest BCUT2D eigenvalue weighted by Crippen LogP contribution is -2.54. The van der Waals surface area contributed by atoms with E-state index in [0.29, 0.717) is 13.1 Å². The van der Waals surface area contributed by atoms with Gasteiger partial charge in [0.1, 0.15) is 5.76 Å². The van der Waals surface area contributed by atoms with Crippen molar-refractivity contribution < 1.29 is 13.9 Å². The van der Waals surface area contributed by atoms with Crippen molar-refractivity contribution in [1.29, 1.82) is 0 Å². The Kier molecular flexibility index (Phi) is 10.6. The van der Waals surface area contributed by atoms with Gasteiger partial charge in [0.25, 0.3) is 0 Å². The molecule has 0 aromatic carbocycles. The van der Waals surface area contributed by atoms with Gasteiger partial charge in [-0.2, -0.15) is 0 Å². The first-order valence-electron chi connectivity index (χ1n) is 12.0. The number of nitrogens with one attached hydrogen (secondary N) is 1. The van der Waals surface area contributed by atoms with E-state index in [0.717, 1.165) is 96.2 Å². The van der Waals surface area contributed by atoms with Crippen molar-refractivity contribution in [3.8, 4) is 0 Å². The fourth-order valence-corrected chi connectivity index (χ4v) is 4.55. The lowest BCUT2D eigenvalue weighted by molar-refractivity contribution is -0.133. The number of hydrogen-bond donors (Lipinski definition) is 1. The Hall–Kier alpha value is -1.33. The predicted molar refractivity (Wildman–Crippen MR) is 136 cm³/mol. The summed E-state index contributed by atoms with van der Waals surface area (Å²) in [6.45, 7) is 8.28. The van der Waals surface area contributed by atoms with Crippen molar-refractivity contribution in [1.82, 2.24) is 20.0 Å². The highest BCUT2D eigenvalue weighted by Crippen LogP contribution is 2.13. The number of furan rings is 1. The van der Waals surface area contributed by atoms with E-state index in [1.165, 1.54) is 6.42 Å². The fraction of sp³-hybridized carbons (Fsp3) is 0.739. The number of guanidine groups is 1. The number of piperazine rings is 1. The summed E-state index contributed by atoms with van der Waals surface area (Å²) in [5.74, 6) is 2.22. The molecule has 0 aliphatic carbocycles. The number of halogens is 1. The molecule has 32 heavy (non-hydrogen) atoms. The van der Waals surface area contributed by atoms with E-state index >= 15 is 0 Å². The van der Waals surface area contributed by atoms with Gasteiger partial charge in [0.15, 0.2) is 5.96 Å². The molecule has 0 bridgehead atoms. The molecule has 1 atom stereocenters. The number of rotatable bonds is 7. The molecule has 3 aliphatic heterocycles. The molecule has 1 N–H and O–H groups in total. The van der Waals surface area contributed by atoms with Crippen molar-refractivity contribution in [2.45, 2.75) is 44.6 Å². The second kappa shape index (κ2) is 13.4. The van der Waals surface area contributed by atoms with Gasteiger partial charge in [-0.05, 0) is 44.2 Å². The van der Waals surface area contributed by atoms with Gasteiger partial charge in [-0.25, -0.2) is 0 Å². The number of likely N-dealkylation sites (tertiary alicyclic amines) is 1. The standard InChI is InChI=1S/C23H37N5O3.HI/c29-22(27-10-2-1-3-11-27)19-26-12-14-28(15-13-26)23(25-18-21-7-5-17-31-21)24-9-8-20-6-4-16-30-20;/h4,6,16,21H,1-3,5,7-15,17-19H2,(H,24,25);1H. The van der Waals surface area contributed by atoms with Crippen molar-refractivity contribution >= 4 is 35.8 Å². The number of carbonyl (C=O) groups excluding carboxylic acids is 1. The Balaban J connectivity index is 0.00000289. The second-order valence-corrected chi connectivity index (χ2v) is 8.76. The van der Waals surface area contributed by atoms with Gasteiger partial charge in [-0.3, -0.25) is 14.7 Å². The third-order valence-electron chi connectivity index (χ3n) is 6.44. The van der Waals surface area contributed by atoms with Crippen LogP contribution in [0, 0.1) is 0 Å². The summed E-state index contributed by atoms with van der Waals surface area (Å²) in [6.07, 6.45) is 8.55. The number of nitrogens with zero attached hydrogens (tertiary/aromatic N) is 4. The summed E-state index contributed by atoms with van der Waals surface area (Å²) in [5, 5.41) is 3.53. The van der Waals surface area contributed by atoms with Crippen molar-refractivity contribution in [2.75, 3.05) is 65.5 Å². The highest BCUT2D eigenvalue weighted by Gasteiger charge is 2.24. The minimum absolute atomic E-state index is 0. The topological polar surface area (TPSA) is 73.5 Å². The maximum Gasteiger partial charge on any atom is 0.236 e. The molecule has 3 fully saturated rings. The average molecular weight is 559 g/mol. The van der Waals surface area contributed by atoms with Gasteiger partial charge in [-0.15, -0.1) is 24.0 Å². The minimum atomic E-state index is 0. The highest BCUT2D eigenvalue weighted by molar-refractivity contribution is 14.0. The number of amides is 1. The van der Waals surface area contributed by atoms with Crippen molar-refractivity contribution in [3.63, 3.8) is 0 Å². The fourth-order valence-electron chi connectivity index (χ4n) is 4.55. The van der Waals surface area contributed by atoms with Crippen LogP contribution in [0.2, 0.25) is 0 Å². The average Bonchev–Trinajstić information content (AvgIpc) is 3.52. The van der Waals surface area contributed by atoms with Crippen molar-refractivity contribution in [2.24, 2.45) is 4.99 Å². The van der Waals surface area contributed by atoms with Crippen LogP contribution in [0.3, 0.4) is 0 Å². The van der Waals surface area contributed by atoms with Crippen LogP contribution in [0.1, 0.15) is 37.9 Å². The van der Waals surface area contributed by atoms with Gasteiger partial charge in [0.05, 0.1) is 25.5 Å². The summed E-state index contributed by atoms with van der Waals surface area (Å²) in [4.78, 5) is 24.1. The molecule has 1 amide bonds. The minimum Gasteiger partial charge on any atom is -0.469 e. The maximum absolute atomic E-state index is 12.6. The molecule has 0 spiro atoms. The summed E-state index contributed by atoms with van der Waals surface area (Å²) < 4.78 is 11.2. The highest BCUT2D eigenvalue weighted by atomic mass is 127. The number of carbonyl (C=O) groups is 1. The van der Waals surface area contributed by atoms with Crippen LogP contribution < -0.4 is 5.32 Å². The normalized spacial score (nSPS) is 22.6. The van der Waals surface area contributed by atoms with E-state index in [1.54, 1.807) is 6.26 Å². The van der Waals surface area contributed by atoms with Gasteiger partial charge in [-0.1, -0.05) is 0 Å². The first-order chi connectivity index (χ1) is 15.3. The van der Waals surface area contributed by atoms with Gasteiger partial charge in [0.2, 0.25) is 5.91 Å². The van der Waals surface area contributed by atoms with Crippen LogP contribution in [-0.2, 0) is 16.0 Å². The summed E-state index contributed by atoms with van der Waals surface area (Å²) in [7, 11) is 0. The lowest BCUT2D eigenvalue weighted by atomic mass is 10.1. The predicted octanol–water partition coefficient (Wildman–Crippen LogP) is 2.19. The smallest absolute Gasteiger partial charge is 0.236 e. The summed E-state index contributed by atoms with van der Waals surface area (Å²) >= 11 is 0.